The summed E-state index contributed by atoms with van der Waals surface area (Å²) in [4.78, 5) is 14.7. The molecule has 0 fully saturated rings. The Morgan fingerprint density at radius 2 is 2.11 bits per heavy atom. The molecule has 19 heavy (non-hydrogen) atoms. The molecule has 0 radical (unpaired) electrons. The molecule has 0 bridgehead atoms. The number of carboxylic acids is 1. The third-order valence-electron chi connectivity index (χ3n) is 2.67. The summed E-state index contributed by atoms with van der Waals surface area (Å²) < 4.78 is 5.40. The first-order chi connectivity index (χ1) is 9.15. The van der Waals surface area contributed by atoms with E-state index in [9.17, 15) is 4.79 Å². The second-order valence-electron chi connectivity index (χ2n) is 4.33. The highest BCUT2D eigenvalue weighted by Gasteiger charge is 2.06. The van der Waals surface area contributed by atoms with E-state index in [-0.39, 0.29) is 6.42 Å². The Labute approximate surface area is 111 Å². The SMILES string of the molecule is Cc1ccc(-c2nc(CNCCC(=O)O)co2)cc1. The number of benzene rings is 1. The molecule has 2 rings (SSSR count). The van der Waals surface area contributed by atoms with E-state index in [1.807, 2.05) is 31.2 Å². The fraction of sp³-hybridized carbons (Fsp3) is 0.286. The standard InChI is InChI=1S/C14H16N2O3/c1-10-2-4-11(5-3-10)14-16-12(9-19-14)8-15-7-6-13(17)18/h2-5,9,15H,6-8H2,1H3,(H,17,18). The number of rotatable bonds is 6. The molecule has 0 saturated heterocycles. The maximum Gasteiger partial charge on any atom is 0.304 e. The molecule has 2 aromatic rings. The third kappa shape index (κ3) is 3.93. The number of hydrogen-bond acceptors (Lipinski definition) is 4. The highest BCUT2D eigenvalue weighted by atomic mass is 16.4. The van der Waals surface area contributed by atoms with Crippen LogP contribution in [-0.4, -0.2) is 22.6 Å². The van der Waals surface area contributed by atoms with Gasteiger partial charge in [0.1, 0.15) is 6.26 Å². The number of carboxylic acid groups (broad SMARTS) is 1. The van der Waals surface area contributed by atoms with Gasteiger partial charge in [0, 0.05) is 18.7 Å². The Morgan fingerprint density at radius 3 is 2.79 bits per heavy atom. The van der Waals surface area contributed by atoms with Crippen LogP contribution in [0.3, 0.4) is 0 Å². The minimum absolute atomic E-state index is 0.0999. The van der Waals surface area contributed by atoms with Crippen molar-refractivity contribution in [3.05, 3.63) is 41.8 Å². The molecule has 1 aromatic carbocycles. The molecule has 0 atom stereocenters. The predicted octanol–water partition coefficient (Wildman–Crippen LogP) is 2.21. The molecular weight excluding hydrogens is 244 g/mol. The third-order valence-corrected chi connectivity index (χ3v) is 2.67. The Morgan fingerprint density at radius 1 is 1.37 bits per heavy atom. The largest absolute Gasteiger partial charge is 0.481 e. The van der Waals surface area contributed by atoms with Gasteiger partial charge in [-0.3, -0.25) is 4.79 Å². The Bertz CT molecular complexity index is 546. The van der Waals surface area contributed by atoms with Crippen LogP contribution in [0.1, 0.15) is 17.7 Å². The molecule has 5 heteroatoms. The maximum absolute atomic E-state index is 10.4. The number of nitrogens with zero attached hydrogens (tertiary/aromatic N) is 1. The molecule has 0 spiro atoms. The van der Waals surface area contributed by atoms with Crippen LogP contribution in [0.25, 0.3) is 11.5 Å². The van der Waals surface area contributed by atoms with Gasteiger partial charge in [0.2, 0.25) is 5.89 Å². The fourth-order valence-electron chi connectivity index (χ4n) is 1.63. The molecular formula is C14H16N2O3. The molecule has 0 unspecified atom stereocenters. The first-order valence-electron chi connectivity index (χ1n) is 6.09. The van der Waals surface area contributed by atoms with Gasteiger partial charge in [-0.15, -0.1) is 0 Å². The van der Waals surface area contributed by atoms with Crippen LogP contribution in [0.5, 0.6) is 0 Å². The van der Waals surface area contributed by atoms with E-state index in [2.05, 4.69) is 10.3 Å². The summed E-state index contributed by atoms with van der Waals surface area (Å²) in [5.41, 5.74) is 2.88. The van der Waals surface area contributed by atoms with Crippen LogP contribution in [0.2, 0.25) is 0 Å². The normalized spacial score (nSPS) is 10.6. The van der Waals surface area contributed by atoms with Crippen molar-refractivity contribution in [3.8, 4) is 11.5 Å². The summed E-state index contributed by atoms with van der Waals surface area (Å²) in [5.74, 6) is -0.233. The van der Waals surface area contributed by atoms with Gasteiger partial charge < -0.3 is 14.8 Å². The zero-order valence-electron chi connectivity index (χ0n) is 10.7. The predicted molar refractivity (Wildman–Crippen MR) is 70.6 cm³/mol. The monoisotopic (exact) mass is 260 g/mol. The lowest BCUT2D eigenvalue weighted by Gasteiger charge is -1.98. The van der Waals surface area contributed by atoms with Gasteiger partial charge in [-0.2, -0.15) is 0 Å². The number of aryl methyl sites for hydroxylation is 1. The minimum Gasteiger partial charge on any atom is -0.481 e. The number of oxazole rings is 1. The molecule has 0 saturated carbocycles. The summed E-state index contributed by atoms with van der Waals surface area (Å²) in [6.45, 7) is 2.95. The topological polar surface area (TPSA) is 75.4 Å². The van der Waals surface area contributed by atoms with E-state index in [0.29, 0.717) is 19.0 Å². The average molecular weight is 260 g/mol. The first kappa shape index (κ1) is 13.3. The maximum atomic E-state index is 10.4. The summed E-state index contributed by atoms with van der Waals surface area (Å²) in [6, 6.07) is 7.93. The molecule has 1 heterocycles. The Hall–Kier alpha value is -2.14. The van der Waals surface area contributed by atoms with Crippen molar-refractivity contribution in [3.63, 3.8) is 0 Å². The lowest BCUT2D eigenvalue weighted by Crippen LogP contribution is -2.17. The van der Waals surface area contributed by atoms with Crippen LogP contribution < -0.4 is 5.32 Å². The summed E-state index contributed by atoms with van der Waals surface area (Å²) >= 11 is 0. The van der Waals surface area contributed by atoms with E-state index in [0.717, 1.165) is 11.3 Å². The van der Waals surface area contributed by atoms with Crippen molar-refractivity contribution in [1.82, 2.24) is 10.3 Å². The summed E-state index contributed by atoms with van der Waals surface area (Å²) in [5, 5.41) is 11.5. The van der Waals surface area contributed by atoms with Crippen molar-refractivity contribution in [1.29, 1.82) is 0 Å². The van der Waals surface area contributed by atoms with Gasteiger partial charge in [-0.05, 0) is 19.1 Å². The smallest absolute Gasteiger partial charge is 0.304 e. The molecule has 5 nitrogen and oxygen atoms in total. The van der Waals surface area contributed by atoms with Gasteiger partial charge in [-0.1, -0.05) is 17.7 Å². The Kier molecular flexibility index (Phi) is 4.30. The van der Waals surface area contributed by atoms with Crippen LogP contribution in [0.15, 0.2) is 34.9 Å². The molecule has 0 aliphatic carbocycles. The van der Waals surface area contributed by atoms with Gasteiger partial charge >= 0.3 is 5.97 Å². The number of aliphatic carboxylic acids is 1. The van der Waals surface area contributed by atoms with Crippen LogP contribution in [0, 0.1) is 6.92 Å². The van der Waals surface area contributed by atoms with Crippen molar-refractivity contribution in [2.45, 2.75) is 19.9 Å². The van der Waals surface area contributed by atoms with Crippen molar-refractivity contribution >= 4 is 5.97 Å². The molecule has 100 valence electrons. The van der Waals surface area contributed by atoms with Gasteiger partial charge in [0.25, 0.3) is 0 Å². The molecule has 1 aromatic heterocycles. The zero-order chi connectivity index (χ0) is 13.7. The average Bonchev–Trinajstić information content (AvgIpc) is 2.84. The van der Waals surface area contributed by atoms with E-state index >= 15 is 0 Å². The van der Waals surface area contributed by atoms with Crippen molar-refractivity contribution < 1.29 is 14.3 Å². The molecule has 2 N–H and O–H groups in total. The van der Waals surface area contributed by atoms with Gasteiger partial charge in [0.05, 0.1) is 12.1 Å². The fourth-order valence-corrected chi connectivity index (χ4v) is 1.63. The van der Waals surface area contributed by atoms with Crippen LogP contribution in [0.4, 0.5) is 0 Å². The second-order valence-corrected chi connectivity index (χ2v) is 4.33. The van der Waals surface area contributed by atoms with E-state index in [4.69, 9.17) is 9.52 Å². The number of nitrogens with one attached hydrogen (secondary N) is 1. The summed E-state index contributed by atoms with van der Waals surface area (Å²) in [6.07, 6.45) is 1.69. The highest BCUT2D eigenvalue weighted by Crippen LogP contribution is 2.18. The summed E-state index contributed by atoms with van der Waals surface area (Å²) in [7, 11) is 0. The quantitative estimate of drug-likeness (QED) is 0.779. The highest BCUT2D eigenvalue weighted by molar-refractivity contribution is 5.66. The van der Waals surface area contributed by atoms with Crippen molar-refractivity contribution in [2.75, 3.05) is 6.54 Å². The van der Waals surface area contributed by atoms with Crippen molar-refractivity contribution in [2.24, 2.45) is 0 Å². The number of aromatic nitrogens is 1. The van der Waals surface area contributed by atoms with E-state index in [1.54, 1.807) is 6.26 Å². The van der Waals surface area contributed by atoms with E-state index in [1.165, 1.54) is 5.56 Å². The Balaban J connectivity index is 1.91. The molecule has 0 aliphatic heterocycles. The van der Waals surface area contributed by atoms with E-state index < -0.39 is 5.97 Å². The van der Waals surface area contributed by atoms with Gasteiger partial charge in [0.15, 0.2) is 0 Å². The first-order valence-corrected chi connectivity index (χ1v) is 6.09. The van der Waals surface area contributed by atoms with Crippen LogP contribution >= 0.6 is 0 Å². The lowest BCUT2D eigenvalue weighted by atomic mass is 10.1. The second kappa shape index (κ2) is 6.15. The van der Waals surface area contributed by atoms with Crippen LogP contribution in [-0.2, 0) is 11.3 Å². The molecule has 0 aliphatic rings. The number of carbonyl (C=O) groups is 1. The zero-order valence-corrected chi connectivity index (χ0v) is 10.7. The molecule has 0 amide bonds. The lowest BCUT2D eigenvalue weighted by molar-refractivity contribution is -0.136. The number of hydrogen-bond donors (Lipinski definition) is 2. The van der Waals surface area contributed by atoms with Gasteiger partial charge in [-0.25, -0.2) is 4.98 Å². The minimum atomic E-state index is -0.812.